The van der Waals surface area contributed by atoms with Gasteiger partial charge < -0.3 is 5.32 Å². The van der Waals surface area contributed by atoms with Gasteiger partial charge >= 0.3 is 0 Å². The van der Waals surface area contributed by atoms with E-state index in [1.165, 1.54) is 6.42 Å². The van der Waals surface area contributed by atoms with Gasteiger partial charge in [-0.25, -0.2) is 0 Å². The van der Waals surface area contributed by atoms with Gasteiger partial charge in [-0.15, -0.1) is 0 Å². The number of hydrogen-bond acceptors (Lipinski definition) is 2. The molecule has 1 N–H and O–H groups in total. The minimum absolute atomic E-state index is 0.0113. The van der Waals surface area contributed by atoms with E-state index in [0.29, 0.717) is 22.5 Å². The standard InChI is InChI=1S/C15H20Cl2N2O/c1-2-19-7-3-4-13(19)10-18-15(20)8-11-5-6-12(16)9-14(11)17/h5-6,9,13H,2-4,7-8,10H2,1H3,(H,18,20). The molecular weight excluding hydrogens is 295 g/mol. The number of carbonyl (C=O) groups is 1. The second-order valence-corrected chi connectivity index (χ2v) is 5.98. The third-order valence-corrected chi connectivity index (χ3v) is 4.39. The first-order valence-corrected chi connectivity index (χ1v) is 7.80. The minimum atomic E-state index is 0.0113. The van der Waals surface area contributed by atoms with Crippen molar-refractivity contribution in [2.24, 2.45) is 0 Å². The van der Waals surface area contributed by atoms with Crippen molar-refractivity contribution in [2.75, 3.05) is 19.6 Å². The molecule has 1 aromatic rings. The van der Waals surface area contributed by atoms with Gasteiger partial charge in [0.1, 0.15) is 0 Å². The minimum Gasteiger partial charge on any atom is -0.354 e. The predicted molar refractivity (Wildman–Crippen MR) is 83.4 cm³/mol. The molecule has 1 unspecified atom stereocenters. The zero-order valence-electron chi connectivity index (χ0n) is 11.7. The predicted octanol–water partition coefficient (Wildman–Crippen LogP) is 3.14. The summed E-state index contributed by atoms with van der Waals surface area (Å²) in [6, 6.07) is 5.70. The van der Waals surface area contributed by atoms with Crippen molar-refractivity contribution in [3.8, 4) is 0 Å². The van der Waals surface area contributed by atoms with Crippen LogP contribution in [0.3, 0.4) is 0 Å². The Hall–Kier alpha value is -0.770. The molecule has 1 heterocycles. The van der Waals surface area contributed by atoms with Crippen molar-refractivity contribution in [3.63, 3.8) is 0 Å². The molecule has 20 heavy (non-hydrogen) atoms. The second-order valence-electron chi connectivity index (χ2n) is 5.14. The molecule has 0 aromatic heterocycles. The number of halogens is 2. The molecule has 0 bridgehead atoms. The van der Waals surface area contributed by atoms with Crippen molar-refractivity contribution in [2.45, 2.75) is 32.2 Å². The van der Waals surface area contributed by atoms with Crippen LogP contribution in [0.15, 0.2) is 18.2 Å². The molecule has 1 atom stereocenters. The van der Waals surface area contributed by atoms with Crippen LogP contribution in [-0.2, 0) is 11.2 Å². The Kier molecular flexibility index (Phi) is 5.70. The summed E-state index contributed by atoms with van der Waals surface area (Å²) >= 11 is 11.9. The van der Waals surface area contributed by atoms with Crippen molar-refractivity contribution < 1.29 is 4.79 Å². The molecule has 0 saturated carbocycles. The molecule has 1 aliphatic heterocycles. The highest BCUT2D eigenvalue weighted by Crippen LogP contribution is 2.21. The normalized spacial score (nSPS) is 19.2. The van der Waals surface area contributed by atoms with Crippen LogP contribution in [0.5, 0.6) is 0 Å². The SMILES string of the molecule is CCN1CCCC1CNC(=O)Cc1ccc(Cl)cc1Cl. The number of nitrogens with zero attached hydrogens (tertiary/aromatic N) is 1. The summed E-state index contributed by atoms with van der Waals surface area (Å²) in [5, 5.41) is 4.14. The van der Waals surface area contributed by atoms with E-state index in [1.807, 2.05) is 0 Å². The Morgan fingerprint density at radius 3 is 2.95 bits per heavy atom. The average Bonchev–Trinajstić information content (AvgIpc) is 2.87. The average molecular weight is 315 g/mol. The van der Waals surface area contributed by atoms with Crippen molar-refractivity contribution in [1.82, 2.24) is 10.2 Å². The Bertz CT molecular complexity index is 479. The lowest BCUT2D eigenvalue weighted by atomic mass is 10.1. The lowest BCUT2D eigenvalue weighted by Crippen LogP contribution is -2.40. The summed E-state index contributed by atoms with van der Waals surface area (Å²) in [6.07, 6.45) is 2.68. The smallest absolute Gasteiger partial charge is 0.224 e. The number of hydrogen-bond donors (Lipinski definition) is 1. The number of nitrogens with one attached hydrogen (secondary N) is 1. The van der Waals surface area contributed by atoms with Gasteiger partial charge in [-0.2, -0.15) is 0 Å². The van der Waals surface area contributed by atoms with Gasteiger partial charge in [-0.3, -0.25) is 9.69 Å². The third kappa shape index (κ3) is 4.11. The first-order valence-electron chi connectivity index (χ1n) is 7.05. The van der Waals surface area contributed by atoms with Crippen LogP contribution >= 0.6 is 23.2 Å². The van der Waals surface area contributed by atoms with Crippen LogP contribution in [0.2, 0.25) is 10.0 Å². The Labute approximate surface area is 130 Å². The van der Waals surface area contributed by atoms with Crippen molar-refractivity contribution in [1.29, 1.82) is 0 Å². The molecule has 0 aliphatic carbocycles. The van der Waals surface area contributed by atoms with Gasteiger partial charge in [0, 0.05) is 22.6 Å². The second kappa shape index (κ2) is 7.30. The number of likely N-dealkylation sites (tertiary alicyclic amines) is 1. The molecule has 5 heteroatoms. The van der Waals surface area contributed by atoms with E-state index in [1.54, 1.807) is 18.2 Å². The summed E-state index contributed by atoms with van der Waals surface area (Å²) in [5.41, 5.74) is 0.812. The molecule has 1 aromatic carbocycles. The molecule has 110 valence electrons. The maximum absolute atomic E-state index is 12.0. The number of benzene rings is 1. The highest BCUT2D eigenvalue weighted by atomic mass is 35.5. The van der Waals surface area contributed by atoms with E-state index in [2.05, 4.69) is 17.1 Å². The molecule has 1 fully saturated rings. The van der Waals surface area contributed by atoms with E-state index in [4.69, 9.17) is 23.2 Å². The summed E-state index contributed by atoms with van der Waals surface area (Å²) in [6.45, 7) is 5.06. The van der Waals surface area contributed by atoms with E-state index in [0.717, 1.165) is 31.6 Å². The van der Waals surface area contributed by atoms with Gasteiger partial charge in [-0.1, -0.05) is 36.2 Å². The zero-order chi connectivity index (χ0) is 14.5. The van der Waals surface area contributed by atoms with Crippen molar-refractivity contribution in [3.05, 3.63) is 33.8 Å². The maximum Gasteiger partial charge on any atom is 0.224 e. The first kappa shape index (κ1) is 15.6. The van der Waals surface area contributed by atoms with Gasteiger partial charge in [0.2, 0.25) is 5.91 Å². The van der Waals surface area contributed by atoms with Crippen LogP contribution in [-0.4, -0.2) is 36.5 Å². The van der Waals surface area contributed by atoms with Crippen LogP contribution in [0.25, 0.3) is 0 Å². The van der Waals surface area contributed by atoms with E-state index in [-0.39, 0.29) is 5.91 Å². The van der Waals surface area contributed by atoms with Crippen LogP contribution in [0.1, 0.15) is 25.3 Å². The lowest BCUT2D eigenvalue weighted by Gasteiger charge is -2.22. The third-order valence-electron chi connectivity index (χ3n) is 3.81. The van der Waals surface area contributed by atoms with Gasteiger partial charge in [0.05, 0.1) is 6.42 Å². The largest absolute Gasteiger partial charge is 0.354 e. The Balaban J connectivity index is 1.83. The fourth-order valence-electron chi connectivity index (χ4n) is 2.67. The summed E-state index contributed by atoms with van der Waals surface area (Å²) in [7, 11) is 0. The first-order chi connectivity index (χ1) is 9.60. The van der Waals surface area contributed by atoms with Gasteiger partial charge in [0.15, 0.2) is 0 Å². The highest BCUT2D eigenvalue weighted by Gasteiger charge is 2.23. The highest BCUT2D eigenvalue weighted by molar-refractivity contribution is 6.35. The number of likely N-dealkylation sites (N-methyl/N-ethyl adjacent to an activating group) is 1. The molecule has 3 nitrogen and oxygen atoms in total. The molecular formula is C15H20Cl2N2O. The maximum atomic E-state index is 12.0. The fraction of sp³-hybridized carbons (Fsp3) is 0.533. The molecule has 1 aliphatic rings. The number of carbonyl (C=O) groups excluding carboxylic acids is 1. The zero-order valence-corrected chi connectivity index (χ0v) is 13.2. The topological polar surface area (TPSA) is 32.3 Å². The van der Waals surface area contributed by atoms with Crippen LogP contribution in [0, 0.1) is 0 Å². The van der Waals surface area contributed by atoms with E-state index < -0.39 is 0 Å². The van der Waals surface area contributed by atoms with Gasteiger partial charge in [-0.05, 0) is 43.6 Å². The van der Waals surface area contributed by atoms with E-state index >= 15 is 0 Å². The summed E-state index contributed by atoms with van der Waals surface area (Å²) in [4.78, 5) is 14.4. The molecule has 0 spiro atoms. The molecule has 2 rings (SSSR count). The number of amides is 1. The molecule has 0 radical (unpaired) electrons. The Morgan fingerprint density at radius 1 is 1.45 bits per heavy atom. The lowest BCUT2D eigenvalue weighted by molar-refractivity contribution is -0.120. The summed E-state index contributed by atoms with van der Waals surface area (Å²) in [5.74, 6) is 0.0113. The molecule has 1 saturated heterocycles. The van der Waals surface area contributed by atoms with Crippen LogP contribution < -0.4 is 5.32 Å². The monoisotopic (exact) mass is 314 g/mol. The fourth-order valence-corrected chi connectivity index (χ4v) is 3.15. The number of rotatable bonds is 5. The van der Waals surface area contributed by atoms with E-state index in [9.17, 15) is 4.79 Å². The van der Waals surface area contributed by atoms with Crippen molar-refractivity contribution >= 4 is 29.1 Å². The summed E-state index contributed by atoms with van der Waals surface area (Å²) < 4.78 is 0. The molecule has 1 amide bonds. The van der Waals surface area contributed by atoms with Crippen LogP contribution in [0.4, 0.5) is 0 Å². The van der Waals surface area contributed by atoms with Gasteiger partial charge in [0.25, 0.3) is 0 Å². The Morgan fingerprint density at radius 2 is 2.25 bits per heavy atom. The quantitative estimate of drug-likeness (QED) is 0.905.